The first-order valence-corrected chi connectivity index (χ1v) is 12.3. The Kier molecular flexibility index (Phi) is 12.6. The fourth-order valence-corrected chi connectivity index (χ4v) is 3.44. The molecule has 0 aliphatic rings. The summed E-state index contributed by atoms with van der Waals surface area (Å²) in [6.07, 6.45) is 1.82. The van der Waals surface area contributed by atoms with Crippen molar-refractivity contribution in [1.29, 1.82) is 0 Å². The maximum atomic E-state index is 13.0. The molecule has 13 heteroatoms. The zero-order chi connectivity index (χ0) is 26.5. The average Bonchev–Trinajstić information content (AvgIpc) is 2.79. The molecular formula is C22H33N5O7S. The van der Waals surface area contributed by atoms with Crippen molar-refractivity contribution < 1.29 is 34.2 Å². The van der Waals surface area contributed by atoms with Gasteiger partial charge in [0.05, 0.1) is 6.04 Å². The molecule has 0 saturated heterocycles. The summed E-state index contributed by atoms with van der Waals surface area (Å²) in [4.78, 5) is 60.5. The number of nitrogens with two attached hydrogens (primary N) is 2. The van der Waals surface area contributed by atoms with Crippen LogP contribution in [0, 0.1) is 0 Å². The first-order valence-electron chi connectivity index (χ1n) is 10.9. The molecule has 0 aliphatic heterocycles. The van der Waals surface area contributed by atoms with Crippen molar-refractivity contribution in [1.82, 2.24) is 16.0 Å². The van der Waals surface area contributed by atoms with E-state index in [2.05, 4.69) is 16.0 Å². The van der Waals surface area contributed by atoms with Crippen molar-refractivity contribution in [2.45, 2.75) is 56.8 Å². The highest BCUT2D eigenvalue weighted by molar-refractivity contribution is 7.98. The molecular weight excluding hydrogens is 478 g/mol. The maximum absolute atomic E-state index is 13.0. The van der Waals surface area contributed by atoms with E-state index in [0.717, 1.165) is 0 Å². The highest BCUT2D eigenvalue weighted by atomic mass is 32.2. The molecule has 12 nitrogen and oxygen atoms in total. The lowest BCUT2D eigenvalue weighted by Crippen LogP contribution is -2.57. The molecule has 1 rings (SSSR count). The van der Waals surface area contributed by atoms with E-state index in [0.29, 0.717) is 11.3 Å². The second-order valence-electron chi connectivity index (χ2n) is 7.95. The third-order valence-electron chi connectivity index (χ3n) is 5.01. The molecule has 35 heavy (non-hydrogen) atoms. The molecule has 1 aromatic carbocycles. The maximum Gasteiger partial charge on any atom is 0.325 e. The number of primary amides is 1. The Bertz CT molecular complexity index is 897. The molecule has 0 radical (unpaired) electrons. The number of phenolic OH excluding ortho intramolecular Hbond substituents is 1. The van der Waals surface area contributed by atoms with Gasteiger partial charge in [0.2, 0.25) is 23.6 Å². The van der Waals surface area contributed by atoms with E-state index >= 15 is 0 Å². The van der Waals surface area contributed by atoms with Crippen LogP contribution in [0.25, 0.3) is 0 Å². The van der Waals surface area contributed by atoms with Crippen molar-refractivity contribution in [3.05, 3.63) is 29.8 Å². The average molecular weight is 512 g/mol. The number of thioether (sulfide) groups is 1. The molecule has 1 aromatic rings. The number of hydrogen-bond donors (Lipinski definition) is 7. The molecule has 0 aromatic heterocycles. The second-order valence-corrected chi connectivity index (χ2v) is 8.94. The van der Waals surface area contributed by atoms with Crippen LogP contribution in [0.5, 0.6) is 5.75 Å². The van der Waals surface area contributed by atoms with E-state index in [1.54, 1.807) is 12.1 Å². The highest BCUT2D eigenvalue weighted by Crippen LogP contribution is 2.11. The first-order chi connectivity index (χ1) is 16.4. The summed E-state index contributed by atoms with van der Waals surface area (Å²) < 4.78 is 0. The molecule has 0 spiro atoms. The fraction of sp³-hybridized carbons (Fsp3) is 0.500. The number of carbonyl (C=O) groups excluding carboxylic acids is 4. The molecule has 4 atom stereocenters. The zero-order valence-electron chi connectivity index (χ0n) is 19.7. The molecule has 9 N–H and O–H groups in total. The van der Waals surface area contributed by atoms with Gasteiger partial charge in [-0.2, -0.15) is 11.8 Å². The summed E-state index contributed by atoms with van der Waals surface area (Å²) >= 11 is 1.43. The van der Waals surface area contributed by atoms with E-state index in [9.17, 15) is 29.1 Å². The third-order valence-corrected chi connectivity index (χ3v) is 5.66. The van der Waals surface area contributed by atoms with Crippen LogP contribution in [0.4, 0.5) is 0 Å². The van der Waals surface area contributed by atoms with Gasteiger partial charge in [-0.05, 0) is 55.9 Å². The van der Waals surface area contributed by atoms with Crippen LogP contribution in [0.3, 0.4) is 0 Å². The largest absolute Gasteiger partial charge is 0.508 e. The number of amides is 4. The number of nitrogens with one attached hydrogen (secondary N) is 3. The summed E-state index contributed by atoms with van der Waals surface area (Å²) in [6, 6.07) is 1.65. The highest BCUT2D eigenvalue weighted by Gasteiger charge is 2.29. The molecule has 194 valence electrons. The fourth-order valence-electron chi connectivity index (χ4n) is 2.97. The first kappa shape index (κ1) is 29.7. The van der Waals surface area contributed by atoms with Gasteiger partial charge in [-0.25, -0.2) is 0 Å². The number of aliphatic carboxylic acids is 1. The van der Waals surface area contributed by atoms with Gasteiger partial charge in [-0.15, -0.1) is 0 Å². The topological polar surface area (TPSA) is 214 Å². The quantitative estimate of drug-likeness (QED) is 0.151. The summed E-state index contributed by atoms with van der Waals surface area (Å²) in [7, 11) is 0. The van der Waals surface area contributed by atoms with Gasteiger partial charge in [0, 0.05) is 6.42 Å². The van der Waals surface area contributed by atoms with Gasteiger partial charge < -0.3 is 37.6 Å². The zero-order valence-corrected chi connectivity index (χ0v) is 20.5. The van der Waals surface area contributed by atoms with Crippen LogP contribution >= 0.6 is 11.8 Å². The Hall–Kier alpha value is -3.32. The second kappa shape index (κ2) is 14.8. The number of carboxylic acid groups (broad SMARTS) is 1. The van der Waals surface area contributed by atoms with Gasteiger partial charge >= 0.3 is 5.97 Å². The van der Waals surface area contributed by atoms with E-state index in [1.807, 2.05) is 6.26 Å². The molecule has 0 fully saturated rings. The number of carbonyl (C=O) groups is 5. The molecule has 4 unspecified atom stereocenters. The van der Waals surface area contributed by atoms with Gasteiger partial charge in [-0.1, -0.05) is 12.1 Å². The minimum Gasteiger partial charge on any atom is -0.508 e. The standard InChI is InChI=1S/C22H33N5O7S/c1-12(22(33)34)25-20(31)17(9-10-35-2)27-21(32)16(7-8-18(24)29)26-19(30)15(23)11-13-3-5-14(28)6-4-13/h3-6,12,15-17,28H,7-11,23H2,1-2H3,(H2,24,29)(H,25,31)(H,26,30)(H,27,32)(H,33,34). The van der Waals surface area contributed by atoms with Crippen LogP contribution in [0.15, 0.2) is 24.3 Å². The van der Waals surface area contributed by atoms with E-state index in [4.69, 9.17) is 16.6 Å². The Balaban J connectivity index is 2.92. The minimum absolute atomic E-state index is 0.0628. The van der Waals surface area contributed by atoms with Crippen molar-refractivity contribution in [2.75, 3.05) is 12.0 Å². The Labute approximate surface area is 207 Å². The Morgan fingerprint density at radius 2 is 1.49 bits per heavy atom. The summed E-state index contributed by atoms with van der Waals surface area (Å²) in [5.41, 5.74) is 11.8. The van der Waals surface area contributed by atoms with Crippen LogP contribution in [-0.4, -0.2) is 76.0 Å². The van der Waals surface area contributed by atoms with Crippen LogP contribution in [-0.2, 0) is 30.4 Å². The van der Waals surface area contributed by atoms with Crippen molar-refractivity contribution >= 4 is 41.4 Å². The van der Waals surface area contributed by atoms with Crippen molar-refractivity contribution in [3.8, 4) is 5.75 Å². The Morgan fingerprint density at radius 1 is 0.943 bits per heavy atom. The molecule has 4 amide bonds. The number of benzene rings is 1. The molecule has 0 heterocycles. The normalized spacial score (nSPS) is 14.1. The van der Waals surface area contributed by atoms with Gasteiger partial charge in [0.1, 0.15) is 23.9 Å². The summed E-state index contributed by atoms with van der Waals surface area (Å²) in [6.45, 7) is 1.29. The van der Waals surface area contributed by atoms with Crippen molar-refractivity contribution in [2.24, 2.45) is 11.5 Å². The van der Waals surface area contributed by atoms with Gasteiger partial charge in [-0.3, -0.25) is 24.0 Å². The number of rotatable bonds is 15. The summed E-state index contributed by atoms with van der Waals surface area (Å²) in [5, 5.41) is 25.7. The number of aromatic hydroxyl groups is 1. The number of hydrogen-bond acceptors (Lipinski definition) is 8. The lowest BCUT2D eigenvalue weighted by atomic mass is 10.0. The number of carboxylic acids is 1. The van der Waals surface area contributed by atoms with Crippen molar-refractivity contribution in [3.63, 3.8) is 0 Å². The lowest BCUT2D eigenvalue weighted by Gasteiger charge is -2.24. The van der Waals surface area contributed by atoms with E-state index < -0.39 is 53.8 Å². The third kappa shape index (κ3) is 11.1. The van der Waals surface area contributed by atoms with Crippen LogP contribution in [0.2, 0.25) is 0 Å². The summed E-state index contributed by atoms with van der Waals surface area (Å²) in [5.74, 6) is -3.44. The van der Waals surface area contributed by atoms with Gasteiger partial charge in [0.25, 0.3) is 0 Å². The van der Waals surface area contributed by atoms with Crippen LogP contribution < -0.4 is 27.4 Å². The van der Waals surface area contributed by atoms with E-state index in [-0.39, 0.29) is 31.4 Å². The molecule has 0 aliphatic carbocycles. The predicted molar refractivity (Wildman–Crippen MR) is 130 cm³/mol. The van der Waals surface area contributed by atoms with E-state index in [1.165, 1.54) is 30.8 Å². The Morgan fingerprint density at radius 3 is 2.03 bits per heavy atom. The monoisotopic (exact) mass is 511 g/mol. The van der Waals surface area contributed by atoms with Crippen LogP contribution in [0.1, 0.15) is 31.7 Å². The lowest BCUT2D eigenvalue weighted by molar-refractivity contribution is -0.141. The number of phenols is 1. The smallest absolute Gasteiger partial charge is 0.325 e. The molecule has 0 saturated carbocycles. The van der Waals surface area contributed by atoms with Gasteiger partial charge in [0.15, 0.2) is 0 Å². The SMILES string of the molecule is CSCCC(NC(=O)C(CCC(N)=O)NC(=O)C(N)Cc1ccc(O)cc1)C(=O)NC(C)C(=O)O. The predicted octanol–water partition coefficient (Wildman–Crippen LogP) is -1.16. The minimum atomic E-state index is -1.23. The molecule has 0 bridgehead atoms.